The molecule has 0 aromatic carbocycles. The Kier molecular flexibility index (Phi) is 40.4. The average Bonchev–Trinajstić information content (AvgIpc) is 1.66. The lowest BCUT2D eigenvalue weighted by Crippen LogP contribution is -2.41. The predicted octanol–water partition coefficient (Wildman–Crippen LogP) is -2.86. The van der Waals surface area contributed by atoms with Gasteiger partial charge in [-0.05, 0) is 65.2 Å². The Bertz CT molecular complexity index is 6380. The highest BCUT2D eigenvalue weighted by molar-refractivity contribution is 8.07. The fourth-order valence-corrected chi connectivity index (χ4v) is 22.2. The predicted molar refractivity (Wildman–Crippen MR) is 512 cm³/mol. The van der Waals surface area contributed by atoms with Crippen LogP contribution in [0.4, 0.5) is 35.0 Å². The molecule has 63 nitrogen and oxygen atoms in total. The number of anilines is 6. The van der Waals surface area contributed by atoms with Crippen molar-refractivity contribution in [1.29, 1.82) is 0 Å². The number of aliphatic hydroxyl groups is 1. The highest BCUT2D eigenvalue weighted by Crippen LogP contribution is 2.58. The van der Waals surface area contributed by atoms with Crippen LogP contribution in [-0.4, -0.2) is 362 Å². The summed E-state index contributed by atoms with van der Waals surface area (Å²) in [6.07, 6.45) is -33.6. The van der Waals surface area contributed by atoms with Crippen LogP contribution in [0.25, 0.3) is 11.2 Å². The number of aromatic amines is 1. The van der Waals surface area contributed by atoms with Gasteiger partial charge in [0.15, 0.2) is 48.5 Å². The van der Waals surface area contributed by atoms with Crippen molar-refractivity contribution in [2.45, 2.75) is 189 Å². The Morgan fingerprint density at radius 1 is 0.345 bits per heavy atom. The largest absolute Gasteiger partial charge is 0.472 e. The number of phosphoric ester groups is 3. The third-order valence-corrected chi connectivity index (χ3v) is 29.8. The van der Waals surface area contributed by atoms with Gasteiger partial charge in [-0.3, -0.25) is 73.4 Å². The van der Waals surface area contributed by atoms with Crippen LogP contribution >= 0.6 is 36.9 Å². The molecule has 11 unspecified atom stereocenters. The summed E-state index contributed by atoms with van der Waals surface area (Å²) < 4.78 is 218. The summed E-state index contributed by atoms with van der Waals surface area (Å²) in [4.78, 5) is 174. The van der Waals surface area contributed by atoms with Crippen molar-refractivity contribution >= 4 is 107 Å². The lowest BCUT2D eigenvalue weighted by Gasteiger charge is -2.30. The summed E-state index contributed by atoms with van der Waals surface area (Å²) in [5.41, 5.74) is 31.2. The molecule has 0 bridgehead atoms. The molecule has 7 aromatic rings. The van der Waals surface area contributed by atoms with Gasteiger partial charge in [0.05, 0.1) is 125 Å². The van der Waals surface area contributed by atoms with Gasteiger partial charge in [-0.25, -0.2) is 42.7 Å². The van der Waals surface area contributed by atoms with Crippen LogP contribution in [0.5, 0.6) is 0 Å². The van der Waals surface area contributed by atoms with E-state index in [2.05, 4.69) is 39.9 Å². The smallest absolute Gasteiger partial charge is 0.387 e. The summed E-state index contributed by atoms with van der Waals surface area (Å²) in [6.45, 7) is -9.16. The van der Waals surface area contributed by atoms with E-state index in [4.69, 9.17) is 189 Å². The number of aryl methyl sites for hydroxylation is 5. The van der Waals surface area contributed by atoms with E-state index >= 15 is 9.13 Å². The number of nitrogen functional groups attached to an aromatic ring is 6. The number of nitrogens with two attached hydrogens (primary N) is 6. The second-order valence-electron chi connectivity index (χ2n) is 34.0. The fourth-order valence-electron chi connectivity index (χ4n) is 16.4. The van der Waals surface area contributed by atoms with E-state index in [9.17, 15) is 62.9 Å². The monoisotopic (exact) mass is 2240 g/mol. The van der Waals surface area contributed by atoms with Gasteiger partial charge >= 0.3 is 65.4 Å². The van der Waals surface area contributed by atoms with Crippen LogP contribution in [0.2, 0.25) is 0 Å². The van der Waals surface area contributed by atoms with Crippen molar-refractivity contribution in [2.24, 2.45) is 0 Å². The second kappa shape index (κ2) is 51.0. The third kappa shape index (κ3) is 28.5. The number of phosphoric acid groups is 3. The molecule has 19 N–H and O–H groups in total. The maximum absolute atomic E-state index is 15.4. The number of nitrogens with one attached hydrogen (secondary N) is 1. The van der Waals surface area contributed by atoms with Gasteiger partial charge < -0.3 is 158 Å². The first-order valence-corrected chi connectivity index (χ1v) is 54.8. The molecule has 29 atom stereocenters. The van der Waals surface area contributed by atoms with E-state index in [0.29, 0.717) is 5.56 Å². The maximum Gasteiger partial charge on any atom is 0.472 e. The van der Waals surface area contributed by atoms with Gasteiger partial charge in [-0.15, -0.1) is 0 Å². The van der Waals surface area contributed by atoms with Gasteiger partial charge in [-0.2, -0.15) is 29.9 Å². The van der Waals surface area contributed by atoms with Crippen molar-refractivity contribution in [2.75, 3.05) is 189 Å². The van der Waals surface area contributed by atoms with Crippen molar-refractivity contribution in [3.63, 3.8) is 0 Å². The molecule has 0 saturated carbocycles. The Labute approximate surface area is 849 Å². The highest BCUT2D eigenvalue weighted by Gasteiger charge is 2.59. The summed E-state index contributed by atoms with van der Waals surface area (Å²) >= 11 is 11.5. The van der Waals surface area contributed by atoms with Crippen LogP contribution in [-0.2, 0) is 168 Å². The normalized spacial score (nSPS) is 29.3. The molecule has 6 fully saturated rings. The molecule has 13 heterocycles. The molecule has 6 saturated heterocycles. The quantitative estimate of drug-likeness (QED) is 0.0135. The lowest BCUT2D eigenvalue weighted by molar-refractivity contribution is -0.0854. The first-order chi connectivity index (χ1) is 70.1. The number of ether oxygens (including phenoxy) is 18. The number of aromatic nitrogens is 14. The minimum absolute atomic E-state index is 0.0238. The summed E-state index contributed by atoms with van der Waals surface area (Å²) in [7, 11) is -9.46. The molecule has 826 valence electrons. The number of methoxy groups -OCH3 is 6. The topological polar surface area (TPSA) is 825 Å². The minimum Gasteiger partial charge on any atom is -0.387 e. The van der Waals surface area contributed by atoms with Crippen molar-refractivity contribution < 1.29 is 174 Å². The number of aliphatic hydroxyl groups excluding tert-OH is 1. The maximum atomic E-state index is 15.4. The molecule has 13 rings (SSSR count). The fraction of sp³-hybridized carbons (Fsp3) is 0.679. The molecular weight excluding hydrogens is 2120 g/mol. The molecule has 0 spiro atoms. The lowest BCUT2D eigenvalue weighted by atomic mass is 10.1. The van der Waals surface area contributed by atoms with E-state index in [1.54, 1.807) is 6.92 Å². The van der Waals surface area contributed by atoms with Gasteiger partial charge in [0.1, 0.15) is 133 Å². The zero-order valence-corrected chi connectivity index (χ0v) is 87.6. The van der Waals surface area contributed by atoms with Crippen LogP contribution in [0.15, 0.2) is 66.1 Å². The molecule has 0 amide bonds. The zero-order valence-electron chi connectivity index (χ0n) is 81.5. The summed E-state index contributed by atoms with van der Waals surface area (Å²) in [6, 6.07) is 0. The van der Waals surface area contributed by atoms with E-state index < -0.39 is 271 Å². The molecule has 6 aliphatic rings. The summed E-state index contributed by atoms with van der Waals surface area (Å²) in [5.74, 6) is -1.31. The van der Waals surface area contributed by atoms with Crippen LogP contribution in [0.1, 0.15) is 72.1 Å². The molecule has 7 aromatic heterocycles. The van der Waals surface area contributed by atoms with E-state index in [0.717, 1.165) is 29.0 Å². The van der Waals surface area contributed by atoms with Crippen LogP contribution in [0, 0.1) is 34.6 Å². The van der Waals surface area contributed by atoms with E-state index in [-0.39, 0.29) is 128 Å². The minimum atomic E-state index is -5.98. The van der Waals surface area contributed by atoms with Gasteiger partial charge in [-0.1, -0.05) is 0 Å². The number of fused-ring (bicyclic) bond motifs is 1. The van der Waals surface area contributed by atoms with Crippen LogP contribution in [0.3, 0.4) is 0 Å². The number of hydrogen-bond donors (Lipinski definition) is 13. The van der Waals surface area contributed by atoms with Crippen molar-refractivity contribution in [1.82, 2.24) is 67.3 Å². The molecule has 0 aliphatic carbocycles. The molecule has 148 heavy (non-hydrogen) atoms. The van der Waals surface area contributed by atoms with Gasteiger partial charge in [0.25, 0.3) is 5.56 Å². The number of rotatable bonds is 55. The molecule has 6 aliphatic heterocycles. The SMILES string of the molecule is COCCO[C@H]1C(O)[C@@H](COP(O)(=S)OC2[C@@H](COP(O)(=S)OC3[C@@H](COP(=O)(O)OC4[C@@H](COP(=O)(O)OC5[C@@H](COP(=O)(O)OC6[C@@H](C)O[C@@H](n7cnc8c(=O)[nH]c(N)nc87)[C@H]6OCCOC)O[C@@H](n6cc(C)c(N)nc6=O)[C@H]5OCCOC)O[C@@H](n5cc(C)c(N)nc5=O)[C@H]4OCCOC)O[C@@H](n4cc(C)c(N)nc4=O)[C@H]3OCCOC)O[C@@H](n3cc(C)c(N)nc3=O)[C@H]2OCCOC)O[C@H]1n1cc(C)c(N)nc1=O. The van der Waals surface area contributed by atoms with Gasteiger partial charge in [0, 0.05) is 101 Å². The Hall–Kier alpha value is -7.82. The number of imidazole rings is 1. The molecule has 70 heteroatoms. The van der Waals surface area contributed by atoms with Crippen molar-refractivity contribution in [3.8, 4) is 0 Å². The Morgan fingerprint density at radius 2 is 0.595 bits per heavy atom. The van der Waals surface area contributed by atoms with Gasteiger partial charge in [0.2, 0.25) is 5.95 Å². The third-order valence-electron chi connectivity index (χ3n) is 23.7. The average molecular weight is 2240 g/mol. The molecule has 0 radical (unpaired) electrons. The number of H-pyrrole nitrogens is 1. The number of hydrogen-bond acceptors (Lipinski definition) is 53. The van der Waals surface area contributed by atoms with Crippen LogP contribution < -0.4 is 68.4 Å². The first-order valence-electron chi connectivity index (χ1n) is 45.1. The second-order valence-corrected chi connectivity index (χ2v) is 43.8. The van der Waals surface area contributed by atoms with E-state index in [1.807, 2.05) is 0 Å². The summed E-state index contributed by atoms with van der Waals surface area (Å²) in [5, 5.41) is 11.8. The molecular formula is C78H119N20O43P5S2. The first kappa shape index (κ1) is 117. The standard InChI is InChI=1S/C78H119N20O43P5S2/c1-36-25-93(74(101)86-60(36)79)67-54(120-19-13-114-7)48(99)42(132-67)30-129-145(112,147)141-53-46(136-71(59(53)125-24-18-119-12)97-29-40(5)64(83)90-78(97)105)34-130-146(113,148)140-52-45(135-70(58(52)124-23-17-118-11)96-28-39(4)63(82)89-77(96)104)33-128-144(110,111)139-51-44(134-69(57(51)123-22-16-117-10)95-27-38(3)62(81)88-76(95)103)32-127-143(108,109)138-50-43(133-68(56(50)122-21-15-116-9)94-26-37(2)61(80)87-75(94)102)31-126-142(106,107)137-49-41(6)131-72(55(49)121-20-14-115-8)98-35-85-47-65(98)91-73(84)92-66(47)100/h25-29,35,41-46,48-59,67-72,99H,13-24,30-34H2,1-12H3,(H,106,107)(H,108,109)(H,110,111)(H,112,147)(H,113,148)(H2,79,86,101)(H2,80,87,102)(H2,81,88,103)(H2,82,89,104)(H2,83,90,105)(H3,84,91,92,100)/t41-,42-,43-,44-,45-,46-,48?,49?,50?,51?,52?,53?,54+,55+,56+,57+,58+,59+,67-,68-,69-,70-,71-,72-,145?,146?/m1/s1. The Balaban J connectivity index is 0.797. The highest BCUT2D eigenvalue weighted by atomic mass is 32.5. The number of nitrogens with zero attached hydrogens (tertiary/aromatic N) is 13. The zero-order chi connectivity index (χ0) is 108. The van der Waals surface area contributed by atoms with Crippen molar-refractivity contribution in [3.05, 3.63) is 128 Å². The van der Waals surface area contributed by atoms with E-state index in [1.165, 1.54) is 113 Å². The Morgan fingerprint density at radius 3 is 0.899 bits per heavy atom.